The number of carbonyl (C=O) groups is 1. The molecular weight excluding hydrogens is 442 g/mol. The predicted octanol–water partition coefficient (Wildman–Crippen LogP) is 3.47. The van der Waals surface area contributed by atoms with Gasteiger partial charge in [-0.25, -0.2) is 18.7 Å². The van der Waals surface area contributed by atoms with Crippen molar-refractivity contribution in [2.75, 3.05) is 18.4 Å². The summed E-state index contributed by atoms with van der Waals surface area (Å²) < 4.78 is 29.4. The Balaban J connectivity index is 1.92. The number of fused-ring (bicyclic) bond motifs is 1. The van der Waals surface area contributed by atoms with Crippen LogP contribution < -0.4 is 10.6 Å². The molecule has 0 fully saturated rings. The third-order valence-electron chi connectivity index (χ3n) is 4.89. The van der Waals surface area contributed by atoms with E-state index in [-0.39, 0.29) is 12.1 Å². The number of alkyl halides is 2. The molecule has 2 atom stereocenters. The predicted molar refractivity (Wildman–Crippen MR) is 119 cm³/mol. The van der Waals surface area contributed by atoms with Crippen LogP contribution in [0.4, 0.5) is 14.5 Å². The van der Waals surface area contributed by atoms with Gasteiger partial charge in [0, 0.05) is 30.4 Å². The molecule has 8 nitrogen and oxygen atoms in total. The summed E-state index contributed by atoms with van der Waals surface area (Å²) in [5.74, 6) is -0.263. The van der Waals surface area contributed by atoms with Crippen LogP contribution in [0, 0.1) is 0 Å². The van der Waals surface area contributed by atoms with Crippen LogP contribution in [0.5, 0.6) is 0 Å². The minimum atomic E-state index is -1.67. The standard InChI is InChI=1S/C21H25ClF2N6O2/c1-4-14(23)9-25-16-6-18(30-19-12(7-29-30)5-13(22)8-27-19)26-10-15(16)20(31)28-11-17(24)21(2,3)32/h5-8,10,14,17,32H,4,9,11H2,1-3H3,(H,25,26)(H,28,31). The van der Waals surface area contributed by atoms with Crippen molar-refractivity contribution in [1.82, 2.24) is 25.1 Å². The second-order valence-electron chi connectivity index (χ2n) is 7.93. The van der Waals surface area contributed by atoms with Crippen LogP contribution in [-0.2, 0) is 0 Å². The maximum Gasteiger partial charge on any atom is 0.255 e. The molecule has 32 heavy (non-hydrogen) atoms. The molecule has 0 aromatic carbocycles. The van der Waals surface area contributed by atoms with Crippen LogP contribution in [0.2, 0.25) is 5.02 Å². The number of aliphatic hydroxyl groups is 1. The third kappa shape index (κ3) is 5.49. The number of carbonyl (C=O) groups excluding carboxylic acids is 1. The van der Waals surface area contributed by atoms with Gasteiger partial charge in [0.05, 0.1) is 34.6 Å². The summed E-state index contributed by atoms with van der Waals surface area (Å²) in [6, 6.07) is 3.25. The number of hydrogen-bond acceptors (Lipinski definition) is 6. The minimum Gasteiger partial charge on any atom is -0.387 e. The number of nitrogens with zero attached hydrogens (tertiary/aromatic N) is 4. The quantitative estimate of drug-likeness (QED) is 0.446. The Morgan fingerprint density at radius 2 is 1.97 bits per heavy atom. The Bertz CT molecular complexity index is 1100. The Labute approximate surface area is 189 Å². The highest BCUT2D eigenvalue weighted by molar-refractivity contribution is 6.31. The molecule has 0 saturated carbocycles. The van der Waals surface area contributed by atoms with Crippen molar-refractivity contribution in [2.24, 2.45) is 0 Å². The van der Waals surface area contributed by atoms with Gasteiger partial charge in [-0.05, 0) is 26.3 Å². The van der Waals surface area contributed by atoms with Crippen molar-refractivity contribution in [1.29, 1.82) is 0 Å². The summed E-state index contributed by atoms with van der Waals surface area (Å²) in [7, 11) is 0. The molecule has 0 radical (unpaired) electrons. The van der Waals surface area contributed by atoms with Crippen LogP contribution in [0.3, 0.4) is 0 Å². The first-order valence-electron chi connectivity index (χ1n) is 10.1. The van der Waals surface area contributed by atoms with E-state index in [1.54, 1.807) is 25.3 Å². The van der Waals surface area contributed by atoms with E-state index in [4.69, 9.17) is 11.6 Å². The summed E-state index contributed by atoms with van der Waals surface area (Å²) in [6.07, 6.45) is 1.87. The van der Waals surface area contributed by atoms with Gasteiger partial charge in [0.25, 0.3) is 5.91 Å². The SMILES string of the molecule is CCC(F)CNc1cc(-n2ncc3cc(Cl)cnc32)ncc1C(=O)NCC(F)C(C)(C)O. The second kappa shape index (κ2) is 9.74. The molecule has 3 heterocycles. The fraction of sp³-hybridized carbons (Fsp3) is 0.429. The lowest BCUT2D eigenvalue weighted by atomic mass is 10.0. The van der Waals surface area contributed by atoms with E-state index in [9.17, 15) is 18.7 Å². The number of amides is 1. The van der Waals surface area contributed by atoms with Crippen LogP contribution in [0.25, 0.3) is 16.9 Å². The normalized spacial score (nSPS) is 13.7. The fourth-order valence-corrected chi connectivity index (χ4v) is 3.01. The Kier molecular flexibility index (Phi) is 7.25. The van der Waals surface area contributed by atoms with Crippen molar-refractivity contribution in [3.8, 4) is 5.82 Å². The zero-order valence-electron chi connectivity index (χ0n) is 17.9. The first kappa shape index (κ1) is 23.8. The highest BCUT2D eigenvalue weighted by Gasteiger charge is 2.27. The summed E-state index contributed by atoms with van der Waals surface area (Å²) in [5.41, 5.74) is -0.685. The Morgan fingerprint density at radius 1 is 1.22 bits per heavy atom. The van der Waals surface area contributed by atoms with E-state index in [2.05, 4.69) is 25.7 Å². The molecule has 3 N–H and O–H groups in total. The van der Waals surface area contributed by atoms with Crippen molar-refractivity contribution in [3.05, 3.63) is 41.3 Å². The van der Waals surface area contributed by atoms with Gasteiger partial charge in [0.2, 0.25) is 0 Å². The Morgan fingerprint density at radius 3 is 2.66 bits per heavy atom. The van der Waals surface area contributed by atoms with Crippen molar-refractivity contribution in [3.63, 3.8) is 0 Å². The average molecular weight is 467 g/mol. The molecule has 172 valence electrons. The molecule has 3 rings (SSSR count). The van der Waals surface area contributed by atoms with Crippen LogP contribution >= 0.6 is 11.6 Å². The Hall–Kier alpha value is -2.85. The third-order valence-corrected chi connectivity index (χ3v) is 5.10. The number of anilines is 1. The second-order valence-corrected chi connectivity index (χ2v) is 8.36. The highest BCUT2D eigenvalue weighted by atomic mass is 35.5. The number of rotatable bonds is 9. The number of nitrogens with one attached hydrogen (secondary N) is 2. The fourth-order valence-electron chi connectivity index (χ4n) is 2.84. The van der Waals surface area contributed by atoms with Gasteiger partial charge in [-0.3, -0.25) is 4.79 Å². The smallest absolute Gasteiger partial charge is 0.255 e. The minimum absolute atomic E-state index is 0.0245. The maximum atomic E-state index is 14.0. The van der Waals surface area contributed by atoms with Gasteiger partial charge in [-0.15, -0.1) is 0 Å². The molecule has 1 amide bonds. The van der Waals surface area contributed by atoms with Gasteiger partial charge in [0.15, 0.2) is 11.5 Å². The van der Waals surface area contributed by atoms with Gasteiger partial charge in [0.1, 0.15) is 12.3 Å². The maximum absolute atomic E-state index is 14.0. The summed E-state index contributed by atoms with van der Waals surface area (Å²) >= 11 is 5.97. The molecule has 3 aromatic heterocycles. The van der Waals surface area contributed by atoms with Crippen molar-refractivity contribution >= 4 is 34.2 Å². The van der Waals surface area contributed by atoms with E-state index in [0.717, 1.165) is 0 Å². The molecule has 0 aliphatic heterocycles. The first-order chi connectivity index (χ1) is 15.1. The van der Waals surface area contributed by atoms with E-state index in [0.29, 0.717) is 34.0 Å². The van der Waals surface area contributed by atoms with E-state index in [1.165, 1.54) is 30.9 Å². The van der Waals surface area contributed by atoms with Gasteiger partial charge in [-0.1, -0.05) is 18.5 Å². The van der Waals surface area contributed by atoms with Gasteiger partial charge in [-0.2, -0.15) is 9.78 Å². The van der Waals surface area contributed by atoms with Crippen molar-refractivity contribution < 1.29 is 18.7 Å². The lowest BCUT2D eigenvalue weighted by molar-refractivity contribution is -0.00177. The highest BCUT2D eigenvalue weighted by Crippen LogP contribution is 2.23. The largest absolute Gasteiger partial charge is 0.387 e. The first-order valence-corrected chi connectivity index (χ1v) is 10.5. The van der Waals surface area contributed by atoms with E-state index in [1.807, 2.05) is 0 Å². The van der Waals surface area contributed by atoms with E-state index < -0.39 is 30.4 Å². The molecular formula is C21H25ClF2N6O2. The van der Waals surface area contributed by atoms with Crippen LogP contribution in [0.1, 0.15) is 37.6 Å². The molecule has 11 heteroatoms. The van der Waals surface area contributed by atoms with Crippen LogP contribution in [-0.4, -0.2) is 61.8 Å². The summed E-state index contributed by atoms with van der Waals surface area (Å²) in [4.78, 5) is 21.2. The van der Waals surface area contributed by atoms with E-state index >= 15 is 0 Å². The topological polar surface area (TPSA) is 105 Å². The molecule has 0 spiro atoms. The zero-order valence-corrected chi connectivity index (χ0v) is 18.7. The number of pyridine rings is 2. The number of hydrogen-bond donors (Lipinski definition) is 3. The molecule has 0 aliphatic carbocycles. The number of aromatic nitrogens is 4. The monoisotopic (exact) mass is 466 g/mol. The molecule has 0 aliphatic rings. The average Bonchev–Trinajstić information content (AvgIpc) is 3.17. The lowest BCUT2D eigenvalue weighted by Gasteiger charge is -2.22. The van der Waals surface area contributed by atoms with Gasteiger partial charge >= 0.3 is 0 Å². The van der Waals surface area contributed by atoms with Gasteiger partial charge < -0.3 is 15.7 Å². The zero-order chi connectivity index (χ0) is 23.5. The molecule has 2 unspecified atom stereocenters. The molecule has 3 aromatic rings. The summed E-state index contributed by atoms with van der Waals surface area (Å²) in [6.45, 7) is 3.93. The molecule has 0 saturated heterocycles. The van der Waals surface area contributed by atoms with Crippen molar-refractivity contribution in [2.45, 2.75) is 45.1 Å². The van der Waals surface area contributed by atoms with Crippen LogP contribution in [0.15, 0.2) is 30.7 Å². The number of halogens is 3. The molecule has 0 bridgehead atoms. The lowest BCUT2D eigenvalue weighted by Crippen LogP contribution is -2.42. The summed E-state index contributed by atoms with van der Waals surface area (Å²) in [5, 5.41) is 20.5.